The van der Waals surface area contributed by atoms with Gasteiger partial charge in [0, 0.05) is 12.3 Å². The van der Waals surface area contributed by atoms with Crippen LogP contribution in [0, 0.1) is 19.8 Å². The van der Waals surface area contributed by atoms with Crippen LogP contribution in [0.4, 0.5) is 0 Å². The van der Waals surface area contributed by atoms with E-state index in [1.54, 1.807) is 0 Å². The smallest absolute Gasteiger partial charge is 0.136 e. The molecule has 0 saturated heterocycles. The SMILES string of the molecule is Cc1cc(C)cc(CC2CCCCCC2=O)c1. The first-order valence-electron chi connectivity index (χ1n) is 6.75. The van der Waals surface area contributed by atoms with Crippen molar-refractivity contribution in [1.82, 2.24) is 0 Å². The molecule has 1 aliphatic rings. The van der Waals surface area contributed by atoms with Gasteiger partial charge in [-0.25, -0.2) is 0 Å². The van der Waals surface area contributed by atoms with Crippen molar-refractivity contribution in [2.45, 2.75) is 52.4 Å². The van der Waals surface area contributed by atoms with Crippen LogP contribution in [-0.4, -0.2) is 5.78 Å². The third-order valence-corrected chi connectivity index (χ3v) is 3.69. The molecule has 92 valence electrons. The third kappa shape index (κ3) is 3.42. The van der Waals surface area contributed by atoms with E-state index in [1.165, 1.54) is 29.5 Å². The van der Waals surface area contributed by atoms with Gasteiger partial charge in [0.2, 0.25) is 0 Å². The van der Waals surface area contributed by atoms with Crippen LogP contribution in [0.2, 0.25) is 0 Å². The van der Waals surface area contributed by atoms with Crippen LogP contribution in [0.5, 0.6) is 0 Å². The summed E-state index contributed by atoms with van der Waals surface area (Å²) in [6.07, 6.45) is 6.39. The van der Waals surface area contributed by atoms with E-state index in [1.807, 2.05) is 0 Å². The van der Waals surface area contributed by atoms with Crippen LogP contribution in [0.1, 0.15) is 48.8 Å². The lowest BCUT2D eigenvalue weighted by molar-refractivity contribution is -0.122. The molecule has 0 aliphatic heterocycles. The molecule has 0 radical (unpaired) electrons. The molecule has 2 rings (SSSR count). The Balaban J connectivity index is 2.10. The number of carbonyl (C=O) groups excluding carboxylic acids is 1. The van der Waals surface area contributed by atoms with Gasteiger partial charge < -0.3 is 0 Å². The molecule has 1 aliphatic carbocycles. The maximum atomic E-state index is 12.0. The lowest BCUT2D eigenvalue weighted by Crippen LogP contribution is -2.15. The number of Topliss-reactive ketones (excluding diaryl/α,β-unsaturated/α-hetero) is 1. The van der Waals surface area contributed by atoms with Crippen molar-refractivity contribution in [3.63, 3.8) is 0 Å². The van der Waals surface area contributed by atoms with Crippen molar-refractivity contribution in [3.05, 3.63) is 34.9 Å². The standard InChI is InChI=1S/C16H22O/c1-12-8-13(2)10-14(9-12)11-15-6-4-3-5-7-16(15)17/h8-10,15H,3-7,11H2,1-2H3. The molecule has 17 heavy (non-hydrogen) atoms. The number of carbonyl (C=O) groups is 1. The van der Waals surface area contributed by atoms with Crippen molar-refractivity contribution in [2.75, 3.05) is 0 Å². The first-order chi connectivity index (χ1) is 8.15. The Bertz CT molecular complexity index is 386. The zero-order valence-electron chi connectivity index (χ0n) is 11.0. The van der Waals surface area contributed by atoms with Gasteiger partial charge >= 0.3 is 0 Å². The predicted molar refractivity (Wildman–Crippen MR) is 71.2 cm³/mol. The second-order valence-corrected chi connectivity index (χ2v) is 5.46. The quantitative estimate of drug-likeness (QED) is 0.702. The fourth-order valence-corrected chi connectivity index (χ4v) is 2.92. The van der Waals surface area contributed by atoms with Crippen LogP contribution in [0.25, 0.3) is 0 Å². The highest BCUT2D eigenvalue weighted by molar-refractivity contribution is 5.81. The molecule has 1 aromatic carbocycles. The van der Waals surface area contributed by atoms with Crippen LogP contribution in [0.3, 0.4) is 0 Å². The number of hydrogen-bond acceptors (Lipinski definition) is 1. The third-order valence-electron chi connectivity index (χ3n) is 3.69. The lowest BCUT2D eigenvalue weighted by Gasteiger charge is -2.13. The minimum atomic E-state index is 0.277. The molecule has 0 N–H and O–H groups in total. The molecule has 1 atom stereocenters. The van der Waals surface area contributed by atoms with Gasteiger partial charge in [-0.15, -0.1) is 0 Å². The van der Waals surface area contributed by atoms with Crippen LogP contribution >= 0.6 is 0 Å². The molecule has 0 spiro atoms. The summed E-state index contributed by atoms with van der Waals surface area (Å²) in [4.78, 5) is 12.0. The fraction of sp³-hybridized carbons (Fsp3) is 0.562. The van der Waals surface area contributed by atoms with Gasteiger partial charge in [-0.05, 0) is 38.7 Å². The van der Waals surface area contributed by atoms with E-state index < -0.39 is 0 Å². The molecule has 0 bridgehead atoms. The zero-order valence-corrected chi connectivity index (χ0v) is 11.0. The normalized spacial score (nSPS) is 21.3. The molecule has 0 aromatic heterocycles. The maximum Gasteiger partial charge on any atom is 0.136 e. The molecule has 0 heterocycles. The van der Waals surface area contributed by atoms with E-state index in [-0.39, 0.29) is 5.92 Å². The number of aryl methyl sites for hydroxylation is 2. The van der Waals surface area contributed by atoms with E-state index in [0.29, 0.717) is 5.78 Å². The summed E-state index contributed by atoms with van der Waals surface area (Å²) in [7, 11) is 0. The highest BCUT2D eigenvalue weighted by Gasteiger charge is 2.20. The highest BCUT2D eigenvalue weighted by Crippen LogP contribution is 2.24. The lowest BCUT2D eigenvalue weighted by atomic mass is 9.90. The largest absolute Gasteiger partial charge is 0.299 e. The van der Waals surface area contributed by atoms with Crippen LogP contribution in [0.15, 0.2) is 18.2 Å². The molecule has 1 unspecified atom stereocenters. The van der Waals surface area contributed by atoms with Crippen LogP contribution < -0.4 is 0 Å². The Labute approximate surface area is 104 Å². The van der Waals surface area contributed by atoms with Gasteiger partial charge in [0.1, 0.15) is 5.78 Å². The summed E-state index contributed by atoms with van der Waals surface area (Å²) < 4.78 is 0. The van der Waals surface area contributed by atoms with Crippen molar-refractivity contribution in [1.29, 1.82) is 0 Å². The van der Waals surface area contributed by atoms with Gasteiger partial charge in [-0.1, -0.05) is 42.2 Å². The summed E-state index contributed by atoms with van der Waals surface area (Å²) >= 11 is 0. The molecule has 1 fully saturated rings. The molecular weight excluding hydrogens is 208 g/mol. The van der Waals surface area contributed by atoms with Gasteiger partial charge in [-0.2, -0.15) is 0 Å². The van der Waals surface area contributed by atoms with E-state index >= 15 is 0 Å². The number of benzene rings is 1. The minimum absolute atomic E-state index is 0.277. The average molecular weight is 230 g/mol. The summed E-state index contributed by atoms with van der Waals surface area (Å²) in [5, 5.41) is 0. The fourth-order valence-electron chi connectivity index (χ4n) is 2.92. The Morgan fingerprint density at radius 3 is 2.47 bits per heavy atom. The van der Waals surface area contributed by atoms with Crippen LogP contribution in [-0.2, 0) is 11.2 Å². The van der Waals surface area contributed by atoms with Gasteiger partial charge in [0.25, 0.3) is 0 Å². The Kier molecular flexibility index (Phi) is 3.98. The number of hydrogen-bond donors (Lipinski definition) is 0. The van der Waals surface area contributed by atoms with Crippen molar-refractivity contribution in [3.8, 4) is 0 Å². The van der Waals surface area contributed by atoms with E-state index in [0.717, 1.165) is 25.7 Å². The first-order valence-corrected chi connectivity index (χ1v) is 6.75. The molecule has 1 aromatic rings. The monoisotopic (exact) mass is 230 g/mol. The average Bonchev–Trinajstić information content (AvgIpc) is 2.43. The summed E-state index contributed by atoms with van der Waals surface area (Å²) in [5.74, 6) is 0.764. The zero-order chi connectivity index (χ0) is 12.3. The van der Waals surface area contributed by atoms with Gasteiger partial charge in [0.05, 0.1) is 0 Å². The van der Waals surface area contributed by atoms with Crippen molar-refractivity contribution in [2.24, 2.45) is 5.92 Å². The Morgan fingerprint density at radius 2 is 1.76 bits per heavy atom. The first kappa shape index (κ1) is 12.3. The van der Waals surface area contributed by atoms with E-state index in [2.05, 4.69) is 32.0 Å². The summed E-state index contributed by atoms with van der Waals surface area (Å²) in [6, 6.07) is 6.65. The molecule has 1 heteroatoms. The number of rotatable bonds is 2. The summed E-state index contributed by atoms with van der Waals surface area (Å²) in [6.45, 7) is 4.26. The van der Waals surface area contributed by atoms with Gasteiger partial charge in [0.15, 0.2) is 0 Å². The number of ketones is 1. The topological polar surface area (TPSA) is 17.1 Å². The van der Waals surface area contributed by atoms with Gasteiger partial charge in [-0.3, -0.25) is 4.79 Å². The maximum absolute atomic E-state index is 12.0. The van der Waals surface area contributed by atoms with Crippen molar-refractivity contribution < 1.29 is 4.79 Å². The predicted octanol–water partition coefficient (Wildman–Crippen LogP) is 4.00. The minimum Gasteiger partial charge on any atom is -0.299 e. The Morgan fingerprint density at radius 1 is 1.06 bits per heavy atom. The molecule has 1 nitrogen and oxygen atoms in total. The van der Waals surface area contributed by atoms with E-state index in [4.69, 9.17) is 0 Å². The van der Waals surface area contributed by atoms with E-state index in [9.17, 15) is 4.79 Å². The second-order valence-electron chi connectivity index (χ2n) is 5.46. The molecular formula is C16H22O. The Hall–Kier alpha value is -1.11. The summed E-state index contributed by atoms with van der Waals surface area (Å²) in [5.41, 5.74) is 3.95. The van der Waals surface area contributed by atoms with Crippen molar-refractivity contribution >= 4 is 5.78 Å². The highest BCUT2D eigenvalue weighted by atomic mass is 16.1. The second kappa shape index (κ2) is 5.48. The molecule has 1 saturated carbocycles. The molecule has 0 amide bonds.